The second-order valence-corrected chi connectivity index (χ2v) is 5.34. The van der Waals surface area contributed by atoms with Crippen molar-refractivity contribution in [1.29, 1.82) is 0 Å². The molecule has 0 saturated heterocycles. The van der Waals surface area contributed by atoms with Crippen LogP contribution in [0.3, 0.4) is 0 Å². The van der Waals surface area contributed by atoms with Crippen LogP contribution in [0.15, 0.2) is 29.6 Å². The van der Waals surface area contributed by atoms with Gasteiger partial charge < -0.3 is 5.32 Å². The summed E-state index contributed by atoms with van der Waals surface area (Å²) in [6.07, 6.45) is 0. The SMILES string of the molecule is Cc1ccc(C(C)NCc2nc(C)cs2)cc1. The van der Waals surface area contributed by atoms with Crippen LogP contribution in [0.2, 0.25) is 0 Å². The second kappa shape index (κ2) is 5.43. The molecule has 1 aromatic carbocycles. The van der Waals surface area contributed by atoms with E-state index in [1.165, 1.54) is 11.1 Å². The Hall–Kier alpha value is -1.19. The molecule has 0 bridgehead atoms. The number of nitrogens with zero attached hydrogens (tertiary/aromatic N) is 1. The zero-order chi connectivity index (χ0) is 12.3. The molecule has 0 spiro atoms. The minimum absolute atomic E-state index is 0.361. The van der Waals surface area contributed by atoms with Gasteiger partial charge in [0, 0.05) is 23.7 Å². The van der Waals surface area contributed by atoms with Crippen LogP contribution in [0.25, 0.3) is 0 Å². The third kappa shape index (κ3) is 3.38. The lowest BCUT2D eigenvalue weighted by Gasteiger charge is -2.13. The predicted molar refractivity (Wildman–Crippen MR) is 73.3 cm³/mol. The molecule has 1 atom stereocenters. The summed E-state index contributed by atoms with van der Waals surface area (Å²) in [7, 11) is 0. The van der Waals surface area contributed by atoms with Crippen molar-refractivity contribution in [2.75, 3.05) is 0 Å². The van der Waals surface area contributed by atoms with Crippen molar-refractivity contribution in [2.45, 2.75) is 33.4 Å². The molecule has 0 aliphatic rings. The van der Waals surface area contributed by atoms with E-state index >= 15 is 0 Å². The average Bonchev–Trinajstić information content (AvgIpc) is 2.73. The maximum Gasteiger partial charge on any atom is 0.107 e. The van der Waals surface area contributed by atoms with Gasteiger partial charge in [-0.2, -0.15) is 0 Å². The van der Waals surface area contributed by atoms with Crippen molar-refractivity contribution in [3.05, 3.63) is 51.5 Å². The first kappa shape index (κ1) is 12.3. The minimum atomic E-state index is 0.361. The number of thiazole rings is 1. The molecule has 0 saturated carbocycles. The molecule has 2 nitrogen and oxygen atoms in total. The number of benzene rings is 1. The third-order valence-corrected chi connectivity index (χ3v) is 3.77. The van der Waals surface area contributed by atoms with E-state index in [2.05, 4.69) is 53.8 Å². The smallest absolute Gasteiger partial charge is 0.107 e. The van der Waals surface area contributed by atoms with Crippen molar-refractivity contribution < 1.29 is 0 Å². The van der Waals surface area contributed by atoms with E-state index in [4.69, 9.17) is 0 Å². The van der Waals surface area contributed by atoms with Crippen molar-refractivity contribution in [3.8, 4) is 0 Å². The standard InChI is InChI=1S/C14H18N2S/c1-10-4-6-13(7-5-10)12(3)15-8-14-16-11(2)9-17-14/h4-7,9,12,15H,8H2,1-3H3. The number of rotatable bonds is 4. The summed E-state index contributed by atoms with van der Waals surface area (Å²) in [5, 5.41) is 6.74. The Labute approximate surface area is 107 Å². The highest BCUT2D eigenvalue weighted by Crippen LogP contribution is 2.15. The van der Waals surface area contributed by atoms with Gasteiger partial charge in [0.2, 0.25) is 0 Å². The fourth-order valence-corrected chi connectivity index (χ4v) is 2.42. The third-order valence-electron chi connectivity index (χ3n) is 2.80. The minimum Gasteiger partial charge on any atom is -0.304 e. The Morgan fingerprint density at radius 2 is 1.94 bits per heavy atom. The molecule has 3 heteroatoms. The molecule has 0 amide bonds. The topological polar surface area (TPSA) is 24.9 Å². The van der Waals surface area contributed by atoms with Crippen molar-refractivity contribution in [1.82, 2.24) is 10.3 Å². The van der Waals surface area contributed by atoms with E-state index in [9.17, 15) is 0 Å². The summed E-state index contributed by atoms with van der Waals surface area (Å²) in [5.41, 5.74) is 3.73. The zero-order valence-corrected chi connectivity index (χ0v) is 11.3. The Morgan fingerprint density at radius 3 is 2.53 bits per heavy atom. The van der Waals surface area contributed by atoms with Gasteiger partial charge >= 0.3 is 0 Å². The number of hydrogen-bond donors (Lipinski definition) is 1. The molecule has 1 heterocycles. The van der Waals surface area contributed by atoms with Crippen LogP contribution in [-0.4, -0.2) is 4.98 Å². The van der Waals surface area contributed by atoms with Crippen molar-refractivity contribution in [2.24, 2.45) is 0 Å². The second-order valence-electron chi connectivity index (χ2n) is 4.40. The summed E-state index contributed by atoms with van der Waals surface area (Å²) in [5.74, 6) is 0. The molecule has 0 radical (unpaired) electrons. The molecule has 0 aliphatic carbocycles. The molecule has 2 rings (SSSR count). The quantitative estimate of drug-likeness (QED) is 0.891. The molecule has 1 aromatic heterocycles. The van der Waals surface area contributed by atoms with E-state index in [0.717, 1.165) is 17.2 Å². The first-order valence-electron chi connectivity index (χ1n) is 5.86. The van der Waals surface area contributed by atoms with E-state index in [0.29, 0.717) is 6.04 Å². The van der Waals surface area contributed by atoms with Crippen LogP contribution in [0.5, 0.6) is 0 Å². The maximum atomic E-state index is 4.45. The van der Waals surface area contributed by atoms with Crippen molar-refractivity contribution >= 4 is 11.3 Å². The molecule has 2 aromatic rings. The summed E-state index contributed by atoms with van der Waals surface area (Å²) in [6.45, 7) is 7.17. The lowest BCUT2D eigenvalue weighted by molar-refractivity contribution is 0.573. The highest BCUT2D eigenvalue weighted by atomic mass is 32.1. The summed E-state index contributed by atoms with van der Waals surface area (Å²) in [6, 6.07) is 9.03. The molecule has 1 N–H and O–H groups in total. The normalized spacial score (nSPS) is 12.6. The molecule has 0 fully saturated rings. The Bertz CT molecular complexity index is 473. The van der Waals surface area contributed by atoms with E-state index in [1.54, 1.807) is 11.3 Å². The molecular weight excluding hydrogens is 228 g/mol. The fourth-order valence-electron chi connectivity index (χ4n) is 1.70. The summed E-state index contributed by atoms with van der Waals surface area (Å²) < 4.78 is 0. The van der Waals surface area contributed by atoms with Gasteiger partial charge in [-0.1, -0.05) is 29.8 Å². The fraction of sp³-hybridized carbons (Fsp3) is 0.357. The van der Waals surface area contributed by atoms with Gasteiger partial charge in [0.1, 0.15) is 5.01 Å². The molecule has 1 unspecified atom stereocenters. The van der Waals surface area contributed by atoms with Gasteiger partial charge in [0.15, 0.2) is 0 Å². The van der Waals surface area contributed by atoms with Gasteiger partial charge in [-0.3, -0.25) is 0 Å². The Balaban J connectivity index is 1.93. The highest BCUT2D eigenvalue weighted by Gasteiger charge is 2.05. The van der Waals surface area contributed by atoms with E-state index < -0.39 is 0 Å². The molecule has 17 heavy (non-hydrogen) atoms. The van der Waals surface area contributed by atoms with Crippen LogP contribution in [0.4, 0.5) is 0 Å². The highest BCUT2D eigenvalue weighted by molar-refractivity contribution is 7.09. The first-order chi connectivity index (χ1) is 8.15. The maximum absolute atomic E-state index is 4.45. The largest absolute Gasteiger partial charge is 0.304 e. The van der Waals surface area contributed by atoms with Crippen molar-refractivity contribution in [3.63, 3.8) is 0 Å². The van der Waals surface area contributed by atoms with E-state index in [1.807, 2.05) is 6.92 Å². The monoisotopic (exact) mass is 246 g/mol. The number of aryl methyl sites for hydroxylation is 2. The van der Waals surface area contributed by atoms with Crippen LogP contribution in [0, 0.1) is 13.8 Å². The average molecular weight is 246 g/mol. The van der Waals surface area contributed by atoms with Crippen LogP contribution >= 0.6 is 11.3 Å². The number of nitrogens with one attached hydrogen (secondary N) is 1. The van der Waals surface area contributed by atoms with Crippen LogP contribution < -0.4 is 5.32 Å². The predicted octanol–water partition coefficient (Wildman–Crippen LogP) is 3.61. The lowest BCUT2D eigenvalue weighted by Crippen LogP contribution is -2.17. The molecule has 0 aliphatic heterocycles. The number of aromatic nitrogens is 1. The molecule has 90 valence electrons. The number of hydrogen-bond acceptors (Lipinski definition) is 3. The van der Waals surface area contributed by atoms with E-state index in [-0.39, 0.29) is 0 Å². The van der Waals surface area contributed by atoms with Gasteiger partial charge in [-0.25, -0.2) is 4.98 Å². The van der Waals surface area contributed by atoms with Gasteiger partial charge in [-0.15, -0.1) is 11.3 Å². The Kier molecular flexibility index (Phi) is 3.92. The summed E-state index contributed by atoms with van der Waals surface area (Å²) in [4.78, 5) is 4.45. The van der Waals surface area contributed by atoms with Gasteiger partial charge in [0.05, 0.1) is 0 Å². The first-order valence-corrected chi connectivity index (χ1v) is 6.74. The van der Waals surface area contributed by atoms with Gasteiger partial charge in [0.25, 0.3) is 0 Å². The van der Waals surface area contributed by atoms with Crippen LogP contribution in [0.1, 0.15) is 34.8 Å². The zero-order valence-electron chi connectivity index (χ0n) is 10.5. The lowest BCUT2D eigenvalue weighted by atomic mass is 10.1. The molecular formula is C14H18N2S. The Morgan fingerprint density at radius 1 is 1.24 bits per heavy atom. The summed E-state index contributed by atoms with van der Waals surface area (Å²) >= 11 is 1.72. The van der Waals surface area contributed by atoms with Gasteiger partial charge in [-0.05, 0) is 26.3 Å². The van der Waals surface area contributed by atoms with Crippen LogP contribution in [-0.2, 0) is 6.54 Å².